The molecule has 3 aromatic heterocycles. The minimum absolute atomic E-state index is 0.223. The van der Waals surface area contributed by atoms with Gasteiger partial charge in [0.15, 0.2) is 34.0 Å². The van der Waals surface area contributed by atoms with Crippen LogP contribution in [0.2, 0.25) is 0 Å². The van der Waals surface area contributed by atoms with Crippen LogP contribution in [-0.4, -0.2) is 4.57 Å². The van der Waals surface area contributed by atoms with E-state index in [4.69, 9.17) is 8.83 Å². The summed E-state index contributed by atoms with van der Waals surface area (Å²) in [6, 6.07) is 87.3. The van der Waals surface area contributed by atoms with E-state index in [1.807, 2.05) is 36.4 Å². The number of benzene rings is 13. The molecule has 16 aromatic rings. The molecule has 0 bridgehead atoms. The van der Waals surface area contributed by atoms with Crippen molar-refractivity contribution in [3.63, 3.8) is 0 Å². The molecule has 1 aliphatic heterocycles. The first kappa shape index (κ1) is 46.9. The number of nitrogens with zero attached hydrogens (tertiary/aromatic N) is 3. The van der Waals surface area contributed by atoms with Gasteiger partial charge in [-0.25, -0.2) is 8.78 Å². The van der Waals surface area contributed by atoms with Gasteiger partial charge in [-0.05, 0) is 154 Å². The molecule has 0 unspecified atom stereocenters. The number of hydrogen-bond acceptors (Lipinski definition) is 4. The highest BCUT2D eigenvalue weighted by Crippen LogP contribution is 2.64. The first-order chi connectivity index (χ1) is 41.3. The lowest BCUT2D eigenvalue weighted by molar-refractivity contribution is 0.584. The number of fused-ring (bicyclic) bond motifs is 22. The van der Waals surface area contributed by atoms with Gasteiger partial charge in [0, 0.05) is 55.1 Å². The Morgan fingerprint density at radius 1 is 0.345 bits per heavy atom. The minimum Gasteiger partial charge on any atom is -0.451 e. The number of aryl methyl sites for hydroxylation is 2. The minimum atomic E-state index is -0.843. The van der Waals surface area contributed by atoms with Gasteiger partial charge in [0.1, 0.15) is 0 Å². The van der Waals surface area contributed by atoms with Gasteiger partial charge in [-0.3, -0.25) is 0 Å². The van der Waals surface area contributed by atoms with E-state index in [-0.39, 0.29) is 11.2 Å². The third-order valence-electron chi connectivity index (χ3n) is 18.2. The summed E-state index contributed by atoms with van der Waals surface area (Å²) in [7, 11) is 0. The van der Waals surface area contributed by atoms with E-state index in [9.17, 15) is 0 Å². The molecule has 7 heteroatoms. The Balaban J connectivity index is 1.01. The van der Waals surface area contributed by atoms with Crippen LogP contribution < -0.4 is 9.80 Å². The fraction of sp³-hybridized carbons (Fsp3) is 0.0390. The van der Waals surface area contributed by atoms with Gasteiger partial charge in [-0.2, -0.15) is 0 Å². The lowest BCUT2D eigenvalue weighted by atomic mass is 9.65. The van der Waals surface area contributed by atoms with E-state index in [0.717, 1.165) is 94.5 Å². The summed E-state index contributed by atoms with van der Waals surface area (Å²) in [5, 5.41) is 9.92. The van der Waals surface area contributed by atoms with Crippen LogP contribution in [0.4, 0.5) is 42.9 Å². The van der Waals surface area contributed by atoms with E-state index < -0.39 is 17.0 Å². The van der Waals surface area contributed by atoms with Crippen LogP contribution in [-0.2, 0) is 5.41 Å². The molecule has 0 saturated heterocycles. The average molecular weight is 1080 g/mol. The number of anilines is 6. The molecule has 13 aromatic carbocycles. The Hall–Kier alpha value is -10.8. The second kappa shape index (κ2) is 17.1. The number of furan rings is 2. The zero-order valence-electron chi connectivity index (χ0n) is 45.6. The fourth-order valence-corrected chi connectivity index (χ4v) is 14.6. The highest BCUT2D eigenvalue weighted by molar-refractivity contribution is 6.19. The summed E-state index contributed by atoms with van der Waals surface area (Å²) < 4.78 is 47.5. The van der Waals surface area contributed by atoms with Crippen LogP contribution in [0.15, 0.2) is 258 Å². The maximum absolute atomic E-state index is 15.9. The molecule has 396 valence electrons. The molecule has 84 heavy (non-hydrogen) atoms. The van der Waals surface area contributed by atoms with Gasteiger partial charge in [0.25, 0.3) is 0 Å². The highest BCUT2D eigenvalue weighted by Gasteiger charge is 2.52. The number of hydrogen-bond donors (Lipinski definition) is 0. The van der Waals surface area contributed by atoms with E-state index in [0.29, 0.717) is 16.6 Å². The second-order valence-corrected chi connectivity index (χ2v) is 22.7. The molecular formula is C77H47F2N3O2. The Morgan fingerprint density at radius 2 is 0.810 bits per heavy atom. The first-order valence-corrected chi connectivity index (χ1v) is 28.5. The van der Waals surface area contributed by atoms with Crippen LogP contribution in [0.3, 0.4) is 0 Å². The standard InChI is InChI=1S/C77H47F2N3O2/c1-44-27-33-48(34-28-44)80(68-25-11-19-56-54-17-9-22-64(78)73(54)83-75(56)68)50-37-40-66-58(41-50)59-42-51(81(49-35-29-45(2)30-36-49)69-26-12-20-57-55-18-10-23-65(79)74(55)84-76(57)69)43-63-72(59)82(66)67-24-8-7-21-60(67)77(63)61-38-31-46-13-3-5-15-52(46)70(61)71-53-16-6-4-14-47(53)32-39-62(71)77/h3-43H,1-2H3. The van der Waals surface area contributed by atoms with Crippen LogP contribution in [0.1, 0.15) is 33.4 Å². The molecule has 1 spiro atoms. The molecule has 18 rings (SSSR count). The van der Waals surface area contributed by atoms with Crippen LogP contribution in [0, 0.1) is 25.5 Å². The number of aromatic nitrogens is 1. The molecule has 2 aliphatic rings. The number of para-hydroxylation sites is 5. The van der Waals surface area contributed by atoms with Crippen molar-refractivity contribution in [1.82, 2.24) is 4.57 Å². The van der Waals surface area contributed by atoms with Crippen molar-refractivity contribution in [3.05, 3.63) is 294 Å². The molecule has 0 fully saturated rings. The normalized spacial score (nSPS) is 13.1. The zero-order valence-corrected chi connectivity index (χ0v) is 45.6. The predicted molar refractivity (Wildman–Crippen MR) is 340 cm³/mol. The van der Waals surface area contributed by atoms with Crippen molar-refractivity contribution in [2.45, 2.75) is 19.3 Å². The quantitative estimate of drug-likeness (QED) is 0.166. The van der Waals surface area contributed by atoms with E-state index >= 15 is 8.78 Å². The summed E-state index contributed by atoms with van der Waals surface area (Å²) >= 11 is 0. The summed E-state index contributed by atoms with van der Waals surface area (Å²) in [4.78, 5) is 4.54. The topological polar surface area (TPSA) is 37.7 Å². The smallest absolute Gasteiger partial charge is 0.171 e. The highest BCUT2D eigenvalue weighted by atomic mass is 19.1. The maximum Gasteiger partial charge on any atom is 0.171 e. The molecular weight excluding hydrogens is 1040 g/mol. The molecule has 0 radical (unpaired) electrons. The SMILES string of the molecule is Cc1ccc(N(c2ccc3c(c2)c2cc(N(c4ccc(C)cc4)c4cccc5c4oc4c(F)cccc45)cc4c2n3-c2ccccc2C42c3ccc4ccccc4c3-c3c2ccc2ccccc32)c2cccc3c2oc2c(F)cccc23)cc1. The third kappa shape index (κ3) is 6.24. The van der Waals surface area contributed by atoms with Crippen LogP contribution in [0.25, 0.3) is 104 Å². The van der Waals surface area contributed by atoms with Crippen molar-refractivity contribution < 1.29 is 17.6 Å². The Labute approximate surface area is 480 Å². The molecule has 1 aliphatic carbocycles. The van der Waals surface area contributed by atoms with Crippen LogP contribution >= 0.6 is 0 Å². The van der Waals surface area contributed by atoms with Gasteiger partial charge in [-0.1, -0.05) is 175 Å². The Kier molecular flexibility index (Phi) is 9.58. The van der Waals surface area contributed by atoms with Crippen LogP contribution in [0.5, 0.6) is 0 Å². The summed E-state index contributed by atoms with van der Waals surface area (Å²) in [6.07, 6.45) is 0. The van der Waals surface area contributed by atoms with E-state index in [1.54, 1.807) is 12.1 Å². The van der Waals surface area contributed by atoms with Gasteiger partial charge >= 0.3 is 0 Å². The van der Waals surface area contributed by atoms with Crippen molar-refractivity contribution >= 4 is 121 Å². The van der Waals surface area contributed by atoms with Crippen molar-refractivity contribution in [1.29, 1.82) is 0 Å². The van der Waals surface area contributed by atoms with E-state index in [1.165, 1.54) is 61.5 Å². The summed E-state index contributed by atoms with van der Waals surface area (Å²) in [6.45, 7) is 4.20. The lowest BCUT2D eigenvalue weighted by Gasteiger charge is -2.40. The Bertz CT molecular complexity index is 5430. The second-order valence-electron chi connectivity index (χ2n) is 22.7. The molecule has 0 amide bonds. The molecule has 4 heterocycles. The molecule has 0 atom stereocenters. The zero-order chi connectivity index (χ0) is 55.7. The number of halogens is 2. The molecule has 5 nitrogen and oxygen atoms in total. The van der Waals surface area contributed by atoms with Gasteiger partial charge < -0.3 is 23.2 Å². The average Bonchev–Trinajstić information content (AvgIpc) is 1.59. The van der Waals surface area contributed by atoms with Gasteiger partial charge in [0.2, 0.25) is 0 Å². The fourth-order valence-electron chi connectivity index (χ4n) is 14.6. The van der Waals surface area contributed by atoms with Crippen molar-refractivity contribution in [3.8, 4) is 16.8 Å². The first-order valence-electron chi connectivity index (χ1n) is 28.5. The van der Waals surface area contributed by atoms with Gasteiger partial charge in [0.05, 0.1) is 33.5 Å². The summed E-state index contributed by atoms with van der Waals surface area (Å²) in [5.41, 5.74) is 18.7. The molecule has 0 N–H and O–H groups in total. The third-order valence-corrected chi connectivity index (χ3v) is 18.2. The predicted octanol–water partition coefficient (Wildman–Crippen LogP) is 21.4. The maximum atomic E-state index is 15.9. The van der Waals surface area contributed by atoms with Crippen molar-refractivity contribution in [2.75, 3.05) is 9.80 Å². The lowest BCUT2D eigenvalue weighted by Crippen LogP contribution is -2.33. The summed E-state index contributed by atoms with van der Waals surface area (Å²) in [5.74, 6) is -0.813. The number of rotatable bonds is 6. The van der Waals surface area contributed by atoms with Crippen molar-refractivity contribution in [2.24, 2.45) is 0 Å². The molecule has 0 saturated carbocycles. The monoisotopic (exact) mass is 1080 g/mol. The van der Waals surface area contributed by atoms with E-state index in [2.05, 4.69) is 216 Å². The van der Waals surface area contributed by atoms with Gasteiger partial charge in [-0.15, -0.1) is 0 Å². The largest absolute Gasteiger partial charge is 0.451 e. The Morgan fingerprint density at radius 3 is 1.38 bits per heavy atom.